The number of hydrogen-bond donors (Lipinski definition) is 3. The van der Waals surface area contributed by atoms with E-state index in [1.54, 1.807) is 0 Å². The van der Waals surface area contributed by atoms with Gasteiger partial charge < -0.3 is 16.0 Å². The summed E-state index contributed by atoms with van der Waals surface area (Å²) in [7, 11) is 0. The Hall–Kier alpha value is -1.88. The minimum absolute atomic E-state index is 0.0444. The van der Waals surface area contributed by atoms with Gasteiger partial charge in [0, 0.05) is 18.2 Å². The highest BCUT2D eigenvalue weighted by molar-refractivity contribution is 5.93. The number of imidazole rings is 1. The molecule has 0 aliphatic heterocycles. The Morgan fingerprint density at radius 3 is 3.10 bits per heavy atom. The highest BCUT2D eigenvalue weighted by atomic mass is 16.1. The highest BCUT2D eigenvalue weighted by Crippen LogP contribution is 2.27. The van der Waals surface area contributed by atoms with Crippen LogP contribution in [0.2, 0.25) is 0 Å². The Bertz CT molecular complexity index is 634. The fraction of sp³-hybridized carbons (Fsp3) is 0.467. The van der Waals surface area contributed by atoms with Gasteiger partial charge in [-0.25, -0.2) is 4.98 Å². The molecule has 2 atom stereocenters. The van der Waals surface area contributed by atoms with E-state index >= 15 is 0 Å². The average Bonchev–Trinajstić information content (AvgIpc) is 2.94. The molecule has 1 aromatic carbocycles. The van der Waals surface area contributed by atoms with Gasteiger partial charge in [-0.2, -0.15) is 0 Å². The molecule has 106 valence electrons. The number of nitrogens with two attached hydrogens (primary N) is 1. The fourth-order valence-electron chi connectivity index (χ4n) is 2.98. The number of nitrogens with zero attached hydrogens (tertiary/aromatic N) is 1. The van der Waals surface area contributed by atoms with Crippen molar-refractivity contribution in [3.63, 3.8) is 0 Å². The zero-order valence-corrected chi connectivity index (χ0v) is 11.6. The number of H-pyrrole nitrogens is 1. The minimum Gasteiger partial charge on any atom is -0.342 e. The zero-order valence-electron chi connectivity index (χ0n) is 11.6. The highest BCUT2D eigenvalue weighted by Gasteiger charge is 2.26. The summed E-state index contributed by atoms with van der Waals surface area (Å²) in [5.74, 6) is 1.25. The van der Waals surface area contributed by atoms with Crippen LogP contribution in [0.4, 0.5) is 5.69 Å². The van der Waals surface area contributed by atoms with Gasteiger partial charge in [-0.05, 0) is 43.9 Å². The molecule has 2 aromatic rings. The van der Waals surface area contributed by atoms with E-state index in [2.05, 4.69) is 15.3 Å². The predicted molar refractivity (Wildman–Crippen MR) is 79.4 cm³/mol. The average molecular weight is 272 g/mol. The summed E-state index contributed by atoms with van der Waals surface area (Å²) in [5, 5.41) is 2.95. The van der Waals surface area contributed by atoms with Crippen molar-refractivity contribution in [2.24, 2.45) is 11.7 Å². The van der Waals surface area contributed by atoms with E-state index in [0.29, 0.717) is 12.3 Å². The summed E-state index contributed by atoms with van der Waals surface area (Å²) in [6.45, 7) is 1.92. The smallest absolute Gasteiger partial charge is 0.224 e. The van der Waals surface area contributed by atoms with Crippen molar-refractivity contribution in [3.05, 3.63) is 24.0 Å². The van der Waals surface area contributed by atoms with Gasteiger partial charge in [-0.1, -0.05) is 6.42 Å². The van der Waals surface area contributed by atoms with Crippen LogP contribution in [-0.4, -0.2) is 21.9 Å². The Balaban J connectivity index is 1.67. The van der Waals surface area contributed by atoms with Crippen LogP contribution < -0.4 is 11.1 Å². The second-order valence-corrected chi connectivity index (χ2v) is 5.66. The van der Waals surface area contributed by atoms with Crippen molar-refractivity contribution in [2.45, 2.75) is 38.6 Å². The van der Waals surface area contributed by atoms with Crippen LogP contribution >= 0.6 is 0 Å². The fourth-order valence-corrected chi connectivity index (χ4v) is 2.98. The van der Waals surface area contributed by atoms with Crippen LogP contribution in [0.1, 0.15) is 31.5 Å². The monoisotopic (exact) mass is 272 g/mol. The van der Waals surface area contributed by atoms with E-state index < -0.39 is 0 Å². The lowest BCUT2D eigenvalue weighted by Crippen LogP contribution is -2.28. The maximum Gasteiger partial charge on any atom is 0.224 e. The summed E-state index contributed by atoms with van der Waals surface area (Å²) in [6, 6.07) is 5.89. The maximum atomic E-state index is 12.1. The Labute approximate surface area is 118 Å². The Morgan fingerprint density at radius 1 is 1.50 bits per heavy atom. The molecule has 0 bridgehead atoms. The normalized spacial score (nSPS) is 22.3. The van der Waals surface area contributed by atoms with Gasteiger partial charge in [0.05, 0.1) is 11.0 Å². The lowest BCUT2D eigenvalue weighted by atomic mass is 10.00. The molecule has 5 nitrogen and oxygen atoms in total. The van der Waals surface area contributed by atoms with Gasteiger partial charge in [0.1, 0.15) is 5.82 Å². The lowest BCUT2D eigenvalue weighted by molar-refractivity contribution is -0.117. The second-order valence-electron chi connectivity index (χ2n) is 5.66. The van der Waals surface area contributed by atoms with Gasteiger partial charge in [0.2, 0.25) is 5.91 Å². The molecule has 0 spiro atoms. The van der Waals surface area contributed by atoms with Crippen molar-refractivity contribution in [1.82, 2.24) is 9.97 Å². The molecular weight excluding hydrogens is 252 g/mol. The first-order valence-electron chi connectivity index (χ1n) is 7.13. The first-order valence-corrected chi connectivity index (χ1v) is 7.13. The SMILES string of the molecule is Cc1nc2ccc(NC(=O)C[C@@H]3CCC[C@H]3N)cc2[nH]1. The van der Waals surface area contributed by atoms with E-state index in [1.807, 2.05) is 25.1 Å². The molecule has 1 heterocycles. The van der Waals surface area contributed by atoms with Gasteiger partial charge in [0.25, 0.3) is 0 Å². The van der Waals surface area contributed by atoms with E-state index in [1.165, 1.54) is 0 Å². The largest absolute Gasteiger partial charge is 0.342 e. The number of anilines is 1. The van der Waals surface area contributed by atoms with E-state index in [9.17, 15) is 4.79 Å². The molecule has 20 heavy (non-hydrogen) atoms. The standard InChI is InChI=1S/C15H20N4O/c1-9-17-13-6-5-11(8-14(13)18-9)19-15(20)7-10-3-2-4-12(10)16/h5-6,8,10,12H,2-4,7,16H2,1H3,(H,17,18)(H,19,20)/t10-,12+/m0/s1. The number of carbonyl (C=O) groups excluding carboxylic acids is 1. The number of carbonyl (C=O) groups is 1. The van der Waals surface area contributed by atoms with Crippen molar-refractivity contribution in [3.8, 4) is 0 Å². The predicted octanol–water partition coefficient (Wildman–Crippen LogP) is 2.33. The number of benzene rings is 1. The molecule has 1 amide bonds. The van der Waals surface area contributed by atoms with E-state index in [-0.39, 0.29) is 11.9 Å². The van der Waals surface area contributed by atoms with Crippen molar-refractivity contribution in [2.75, 3.05) is 5.32 Å². The Morgan fingerprint density at radius 2 is 2.35 bits per heavy atom. The maximum absolute atomic E-state index is 12.1. The van der Waals surface area contributed by atoms with Gasteiger partial charge in [-0.3, -0.25) is 4.79 Å². The summed E-state index contributed by atoms with van der Waals surface area (Å²) in [5.41, 5.74) is 8.67. The summed E-state index contributed by atoms with van der Waals surface area (Å²) in [4.78, 5) is 19.6. The molecule has 0 saturated heterocycles. The lowest BCUT2D eigenvalue weighted by Gasteiger charge is -2.14. The van der Waals surface area contributed by atoms with Gasteiger partial charge in [0.15, 0.2) is 0 Å². The molecular formula is C15H20N4O. The third kappa shape index (κ3) is 2.67. The number of nitrogens with one attached hydrogen (secondary N) is 2. The van der Waals surface area contributed by atoms with Crippen LogP contribution in [-0.2, 0) is 4.79 Å². The first kappa shape index (κ1) is 13.1. The summed E-state index contributed by atoms with van der Waals surface area (Å²) < 4.78 is 0. The molecule has 5 heteroatoms. The van der Waals surface area contributed by atoms with Gasteiger partial charge >= 0.3 is 0 Å². The quantitative estimate of drug-likeness (QED) is 0.801. The van der Waals surface area contributed by atoms with Crippen molar-refractivity contribution >= 4 is 22.6 Å². The molecule has 1 fully saturated rings. The number of aryl methyl sites for hydroxylation is 1. The van der Waals surface area contributed by atoms with Crippen LogP contribution in [0.5, 0.6) is 0 Å². The van der Waals surface area contributed by atoms with Crippen molar-refractivity contribution in [1.29, 1.82) is 0 Å². The van der Waals surface area contributed by atoms with Crippen LogP contribution in [0.25, 0.3) is 11.0 Å². The summed E-state index contributed by atoms with van der Waals surface area (Å²) >= 11 is 0. The van der Waals surface area contributed by atoms with Crippen LogP contribution in [0.3, 0.4) is 0 Å². The van der Waals surface area contributed by atoms with Crippen LogP contribution in [0, 0.1) is 12.8 Å². The number of fused-ring (bicyclic) bond motifs is 1. The Kier molecular flexibility index (Phi) is 3.44. The van der Waals surface area contributed by atoms with Gasteiger partial charge in [-0.15, -0.1) is 0 Å². The molecule has 1 aliphatic rings. The number of aromatic nitrogens is 2. The number of rotatable bonds is 3. The molecule has 3 rings (SSSR count). The summed E-state index contributed by atoms with van der Waals surface area (Å²) in [6.07, 6.45) is 3.75. The molecule has 1 saturated carbocycles. The van der Waals surface area contributed by atoms with Crippen LogP contribution in [0.15, 0.2) is 18.2 Å². The molecule has 1 aromatic heterocycles. The number of amides is 1. The number of aromatic amines is 1. The molecule has 1 aliphatic carbocycles. The van der Waals surface area contributed by atoms with Crippen molar-refractivity contribution < 1.29 is 4.79 Å². The molecule has 4 N–H and O–H groups in total. The number of hydrogen-bond acceptors (Lipinski definition) is 3. The zero-order chi connectivity index (χ0) is 14.1. The minimum atomic E-state index is 0.0444. The molecule has 0 unspecified atom stereocenters. The third-order valence-corrected chi connectivity index (χ3v) is 4.05. The third-order valence-electron chi connectivity index (χ3n) is 4.05. The van der Waals surface area contributed by atoms with E-state index in [4.69, 9.17) is 5.73 Å². The van der Waals surface area contributed by atoms with E-state index in [0.717, 1.165) is 41.8 Å². The topological polar surface area (TPSA) is 83.8 Å². The first-order chi connectivity index (χ1) is 9.61. The second kappa shape index (κ2) is 5.25. The molecule has 0 radical (unpaired) electrons.